The van der Waals surface area contributed by atoms with Crippen LogP contribution in [0.5, 0.6) is 0 Å². The Morgan fingerprint density at radius 1 is 1.47 bits per heavy atom. The molecule has 1 fully saturated rings. The molecule has 1 heterocycles. The number of carbonyl (C=O) groups is 1. The summed E-state index contributed by atoms with van der Waals surface area (Å²) >= 11 is 0. The molecule has 1 atom stereocenters. The van der Waals surface area contributed by atoms with E-state index in [1.807, 2.05) is 18.2 Å². The molecule has 1 aliphatic heterocycles. The van der Waals surface area contributed by atoms with Crippen LogP contribution in [0.1, 0.15) is 18.4 Å². The van der Waals surface area contributed by atoms with Gasteiger partial charge in [-0.1, -0.05) is 30.3 Å². The lowest BCUT2D eigenvalue weighted by Gasteiger charge is -2.27. The third-order valence-corrected chi connectivity index (χ3v) is 3.50. The molecule has 1 unspecified atom stereocenters. The zero-order valence-corrected chi connectivity index (χ0v) is 11.2. The van der Waals surface area contributed by atoms with Crippen LogP contribution in [0.4, 0.5) is 0 Å². The summed E-state index contributed by atoms with van der Waals surface area (Å²) in [6.07, 6.45) is 3.45. The first-order valence-electron chi connectivity index (χ1n) is 6.53. The lowest BCUT2D eigenvalue weighted by molar-refractivity contribution is -0.135. The molecule has 0 radical (unpaired) electrons. The van der Waals surface area contributed by atoms with Gasteiger partial charge in [-0.15, -0.1) is 0 Å². The minimum atomic E-state index is -0.300. The molecule has 2 rings (SSSR count). The molecule has 1 aromatic rings. The SMILES string of the molecule is COC(=O)/C=C1\CCC(CN)N1Cc1ccccc1. The number of nitrogens with zero attached hydrogens (tertiary/aromatic N) is 1. The van der Waals surface area contributed by atoms with Crippen molar-refractivity contribution in [1.82, 2.24) is 4.90 Å². The molecule has 0 saturated carbocycles. The minimum absolute atomic E-state index is 0.300. The van der Waals surface area contributed by atoms with Crippen LogP contribution in [0, 0.1) is 0 Å². The van der Waals surface area contributed by atoms with E-state index < -0.39 is 0 Å². The van der Waals surface area contributed by atoms with Gasteiger partial charge in [-0.2, -0.15) is 0 Å². The second kappa shape index (κ2) is 6.38. The van der Waals surface area contributed by atoms with Crippen molar-refractivity contribution in [2.45, 2.75) is 25.4 Å². The number of likely N-dealkylation sites (tertiary alicyclic amines) is 1. The van der Waals surface area contributed by atoms with E-state index in [0.29, 0.717) is 12.6 Å². The summed E-state index contributed by atoms with van der Waals surface area (Å²) in [6.45, 7) is 1.39. The molecule has 0 aliphatic carbocycles. The molecular weight excluding hydrogens is 240 g/mol. The van der Waals surface area contributed by atoms with Gasteiger partial charge < -0.3 is 15.4 Å². The van der Waals surface area contributed by atoms with Gasteiger partial charge in [-0.25, -0.2) is 4.79 Å². The molecule has 19 heavy (non-hydrogen) atoms. The Hall–Kier alpha value is -1.81. The van der Waals surface area contributed by atoms with Gasteiger partial charge in [0, 0.05) is 30.9 Å². The fourth-order valence-electron chi connectivity index (χ4n) is 2.45. The van der Waals surface area contributed by atoms with E-state index in [0.717, 1.165) is 25.1 Å². The smallest absolute Gasteiger partial charge is 0.332 e. The van der Waals surface area contributed by atoms with Gasteiger partial charge in [0.2, 0.25) is 0 Å². The summed E-state index contributed by atoms with van der Waals surface area (Å²) < 4.78 is 4.71. The number of allylic oxidation sites excluding steroid dienone is 1. The number of methoxy groups -OCH3 is 1. The summed E-state index contributed by atoms with van der Waals surface area (Å²) in [4.78, 5) is 13.6. The van der Waals surface area contributed by atoms with Crippen LogP contribution in [0.3, 0.4) is 0 Å². The molecular formula is C15H20N2O2. The van der Waals surface area contributed by atoms with Gasteiger partial charge in [0.05, 0.1) is 7.11 Å². The quantitative estimate of drug-likeness (QED) is 0.661. The zero-order valence-electron chi connectivity index (χ0n) is 11.2. The Labute approximate surface area is 113 Å². The topological polar surface area (TPSA) is 55.6 Å². The average Bonchev–Trinajstić information content (AvgIpc) is 2.82. The Bertz CT molecular complexity index is 456. The second-order valence-electron chi connectivity index (χ2n) is 4.70. The van der Waals surface area contributed by atoms with Gasteiger partial charge in [-0.3, -0.25) is 0 Å². The van der Waals surface area contributed by atoms with E-state index in [-0.39, 0.29) is 5.97 Å². The third-order valence-electron chi connectivity index (χ3n) is 3.50. The van der Waals surface area contributed by atoms with Crippen LogP contribution in [-0.4, -0.2) is 30.6 Å². The van der Waals surface area contributed by atoms with Crippen LogP contribution in [0.2, 0.25) is 0 Å². The van der Waals surface area contributed by atoms with Crippen molar-refractivity contribution in [3.8, 4) is 0 Å². The third kappa shape index (κ3) is 3.35. The fraction of sp³-hybridized carbons (Fsp3) is 0.400. The Morgan fingerprint density at radius 3 is 2.84 bits per heavy atom. The lowest BCUT2D eigenvalue weighted by Crippen LogP contribution is -2.34. The predicted octanol–water partition coefficient (Wildman–Crippen LogP) is 1.67. The summed E-state index contributed by atoms with van der Waals surface area (Å²) in [5.74, 6) is -0.300. The first kappa shape index (κ1) is 13.6. The molecule has 0 spiro atoms. The largest absolute Gasteiger partial charge is 0.466 e. The summed E-state index contributed by atoms with van der Waals surface area (Å²) in [5, 5.41) is 0. The number of esters is 1. The highest BCUT2D eigenvalue weighted by Gasteiger charge is 2.27. The maximum Gasteiger partial charge on any atom is 0.332 e. The van der Waals surface area contributed by atoms with E-state index in [1.165, 1.54) is 12.7 Å². The normalized spacial score (nSPS) is 20.8. The highest BCUT2D eigenvalue weighted by molar-refractivity contribution is 5.82. The first-order chi connectivity index (χ1) is 9.24. The molecule has 1 aliphatic rings. The Morgan fingerprint density at radius 2 is 2.21 bits per heavy atom. The molecule has 1 aromatic carbocycles. The lowest BCUT2D eigenvalue weighted by atomic mass is 10.2. The number of rotatable bonds is 4. The van der Waals surface area contributed by atoms with E-state index in [4.69, 9.17) is 10.5 Å². The summed E-state index contributed by atoms with van der Waals surface area (Å²) in [6, 6.07) is 10.5. The van der Waals surface area contributed by atoms with Gasteiger partial charge in [0.1, 0.15) is 0 Å². The number of carbonyl (C=O) groups excluding carboxylic acids is 1. The minimum Gasteiger partial charge on any atom is -0.466 e. The highest BCUT2D eigenvalue weighted by Crippen LogP contribution is 2.28. The first-order valence-corrected chi connectivity index (χ1v) is 6.53. The van der Waals surface area contributed by atoms with Crippen molar-refractivity contribution in [2.24, 2.45) is 5.73 Å². The number of nitrogens with two attached hydrogens (primary N) is 1. The van der Waals surface area contributed by atoms with Crippen molar-refractivity contribution in [1.29, 1.82) is 0 Å². The van der Waals surface area contributed by atoms with Crippen LogP contribution < -0.4 is 5.73 Å². The number of ether oxygens (including phenoxy) is 1. The van der Waals surface area contributed by atoms with Gasteiger partial charge in [0.15, 0.2) is 0 Å². The Balaban J connectivity index is 2.16. The van der Waals surface area contributed by atoms with Crippen LogP contribution in [0.25, 0.3) is 0 Å². The molecule has 102 valence electrons. The summed E-state index contributed by atoms with van der Waals surface area (Å²) in [5.41, 5.74) is 8.06. The second-order valence-corrected chi connectivity index (χ2v) is 4.70. The maximum absolute atomic E-state index is 11.4. The zero-order chi connectivity index (χ0) is 13.7. The van der Waals surface area contributed by atoms with Gasteiger partial charge in [0.25, 0.3) is 0 Å². The maximum atomic E-state index is 11.4. The monoisotopic (exact) mass is 260 g/mol. The standard InChI is InChI=1S/C15H20N2O2/c1-19-15(18)9-13-7-8-14(10-16)17(13)11-12-5-3-2-4-6-12/h2-6,9,14H,7-8,10-11,16H2,1H3/b13-9+. The van der Waals surface area contributed by atoms with Crippen molar-refractivity contribution >= 4 is 5.97 Å². The van der Waals surface area contributed by atoms with Crippen LogP contribution in [-0.2, 0) is 16.1 Å². The molecule has 0 amide bonds. The number of hydrogen-bond donors (Lipinski definition) is 1. The highest BCUT2D eigenvalue weighted by atomic mass is 16.5. The molecule has 2 N–H and O–H groups in total. The van der Waals surface area contributed by atoms with E-state index in [2.05, 4.69) is 17.0 Å². The molecule has 1 saturated heterocycles. The van der Waals surface area contributed by atoms with Gasteiger partial charge >= 0.3 is 5.97 Å². The van der Waals surface area contributed by atoms with E-state index in [9.17, 15) is 4.79 Å². The average molecular weight is 260 g/mol. The van der Waals surface area contributed by atoms with Crippen molar-refractivity contribution < 1.29 is 9.53 Å². The van der Waals surface area contributed by atoms with Crippen molar-refractivity contribution in [3.63, 3.8) is 0 Å². The summed E-state index contributed by atoms with van der Waals surface area (Å²) in [7, 11) is 1.40. The van der Waals surface area contributed by atoms with E-state index in [1.54, 1.807) is 6.08 Å². The molecule has 0 bridgehead atoms. The number of benzene rings is 1. The molecule has 0 aromatic heterocycles. The number of hydrogen-bond acceptors (Lipinski definition) is 4. The molecule has 4 heteroatoms. The van der Waals surface area contributed by atoms with Gasteiger partial charge in [-0.05, 0) is 18.4 Å². The van der Waals surface area contributed by atoms with Crippen molar-refractivity contribution in [3.05, 3.63) is 47.7 Å². The molecule has 4 nitrogen and oxygen atoms in total. The Kier molecular flexibility index (Phi) is 4.58. The van der Waals surface area contributed by atoms with Crippen LogP contribution in [0.15, 0.2) is 42.1 Å². The predicted molar refractivity (Wildman–Crippen MR) is 74.2 cm³/mol. The fourth-order valence-corrected chi connectivity index (χ4v) is 2.45. The van der Waals surface area contributed by atoms with Crippen LogP contribution >= 0.6 is 0 Å². The van der Waals surface area contributed by atoms with Crippen molar-refractivity contribution in [2.75, 3.05) is 13.7 Å². The van der Waals surface area contributed by atoms with E-state index >= 15 is 0 Å².